The van der Waals surface area contributed by atoms with Crippen LogP contribution in [0.2, 0.25) is 0 Å². The zero-order valence-corrected chi connectivity index (χ0v) is 16.8. The first-order chi connectivity index (χ1) is 13.5. The monoisotopic (exact) mass is 416 g/mol. The van der Waals surface area contributed by atoms with Crippen molar-refractivity contribution in [2.24, 2.45) is 0 Å². The summed E-state index contributed by atoms with van der Waals surface area (Å²) in [6.07, 6.45) is 0. The molecule has 8 heteroatoms. The molecule has 0 aliphatic carbocycles. The molecule has 2 aromatic carbocycles. The Hall–Kier alpha value is -2.42. The second-order valence-corrected chi connectivity index (χ2v) is 9.63. The number of nitrogens with zero attached hydrogens (tertiary/aromatic N) is 2. The van der Waals surface area contributed by atoms with Crippen molar-refractivity contribution >= 4 is 38.0 Å². The van der Waals surface area contributed by atoms with Gasteiger partial charge in [-0.2, -0.15) is 4.31 Å². The van der Waals surface area contributed by atoms with Crippen LogP contribution in [0.5, 0.6) is 5.75 Å². The summed E-state index contributed by atoms with van der Waals surface area (Å²) in [6.45, 7) is 1.26. The average molecular weight is 417 g/mol. The predicted molar refractivity (Wildman–Crippen MR) is 109 cm³/mol. The fourth-order valence-electron chi connectivity index (χ4n) is 3.21. The van der Waals surface area contributed by atoms with Crippen LogP contribution in [0.25, 0.3) is 10.8 Å². The molecule has 1 saturated heterocycles. The van der Waals surface area contributed by atoms with E-state index in [1.54, 1.807) is 22.4 Å². The van der Waals surface area contributed by atoms with E-state index in [4.69, 9.17) is 4.74 Å². The van der Waals surface area contributed by atoms with Crippen molar-refractivity contribution in [1.82, 2.24) is 9.21 Å². The molecule has 0 bridgehead atoms. The molecule has 1 aliphatic rings. The Morgan fingerprint density at radius 1 is 0.964 bits per heavy atom. The summed E-state index contributed by atoms with van der Waals surface area (Å²) in [6, 6.07) is 17.0. The number of thiophene rings is 1. The van der Waals surface area contributed by atoms with Crippen LogP contribution in [-0.2, 0) is 14.8 Å². The van der Waals surface area contributed by atoms with Gasteiger partial charge in [-0.05, 0) is 34.4 Å². The molecular weight excluding hydrogens is 396 g/mol. The van der Waals surface area contributed by atoms with Crippen LogP contribution in [0.4, 0.5) is 0 Å². The zero-order valence-electron chi connectivity index (χ0n) is 15.2. The minimum Gasteiger partial charge on any atom is -0.484 e. The molecule has 0 N–H and O–H groups in total. The lowest BCUT2D eigenvalue weighted by molar-refractivity contribution is -0.134. The topological polar surface area (TPSA) is 66.9 Å². The summed E-state index contributed by atoms with van der Waals surface area (Å²) >= 11 is 1.21. The van der Waals surface area contributed by atoms with Crippen molar-refractivity contribution in [3.05, 3.63) is 60.0 Å². The van der Waals surface area contributed by atoms with Gasteiger partial charge in [-0.25, -0.2) is 8.42 Å². The molecular formula is C20H20N2O4S2. The second kappa shape index (κ2) is 7.90. The van der Waals surface area contributed by atoms with Gasteiger partial charge >= 0.3 is 0 Å². The van der Waals surface area contributed by atoms with Gasteiger partial charge in [-0.15, -0.1) is 11.3 Å². The molecule has 28 heavy (non-hydrogen) atoms. The molecule has 0 spiro atoms. The largest absolute Gasteiger partial charge is 0.484 e. The summed E-state index contributed by atoms with van der Waals surface area (Å²) in [4.78, 5) is 14.1. The van der Waals surface area contributed by atoms with Gasteiger partial charge < -0.3 is 9.64 Å². The number of piperazine rings is 1. The van der Waals surface area contributed by atoms with Crippen LogP contribution in [-0.4, -0.2) is 56.3 Å². The highest BCUT2D eigenvalue weighted by atomic mass is 32.2. The minimum atomic E-state index is -3.46. The Bertz CT molecular complexity index is 1070. The highest BCUT2D eigenvalue weighted by Crippen LogP contribution is 2.23. The van der Waals surface area contributed by atoms with Gasteiger partial charge in [0.25, 0.3) is 15.9 Å². The number of ether oxygens (including phenoxy) is 1. The van der Waals surface area contributed by atoms with Crippen LogP contribution in [0.1, 0.15) is 0 Å². The molecule has 0 unspecified atom stereocenters. The molecule has 3 aromatic rings. The number of hydrogen-bond acceptors (Lipinski definition) is 5. The summed E-state index contributed by atoms with van der Waals surface area (Å²) in [7, 11) is -3.46. The fraction of sp³-hybridized carbons (Fsp3) is 0.250. The number of carbonyl (C=O) groups is 1. The molecule has 2 heterocycles. The van der Waals surface area contributed by atoms with Crippen LogP contribution >= 0.6 is 11.3 Å². The second-order valence-electron chi connectivity index (χ2n) is 6.51. The standard InChI is InChI=1S/C20H20N2O4S2/c23-19(15-26-18-8-7-16-4-1-2-5-17(16)14-18)21-9-11-22(12-10-21)28(24,25)20-6-3-13-27-20/h1-8,13-14H,9-12,15H2. The molecule has 1 fully saturated rings. The molecule has 1 aliphatic heterocycles. The van der Waals surface area contributed by atoms with Gasteiger partial charge in [0.2, 0.25) is 0 Å². The van der Waals surface area contributed by atoms with Gasteiger partial charge in [0, 0.05) is 26.2 Å². The van der Waals surface area contributed by atoms with E-state index < -0.39 is 10.0 Å². The molecule has 0 atom stereocenters. The predicted octanol–water partition coefficient (Wildman–Crippen LogP) is 2.81. The maximum Gasteiger partial charge on any atom is 0.260 e. The summed E-state index contributed by atoms with van der Waals surface area (Å²) in [5.41, 5.74) is 0. The third kappa shape index (κ3) is 3.89. The van der Waals surface area contributed by atoms with E-state index in [2.05, 4.69) is 0 Å². The summed E-state index contributed by atoms with van der Waals surface area (Å²) in [5.74, 6) is 0.507. The molecule has 0 radical (unpaired) electrons. The van der Waals surface area contributed by atoms with E-state index in [1.165, 1.54) is 15.6 Å². The Morgan fingerprint density at radius 2 is 1.71 bits per heavy atom. The number of fused-ring (bicyclic) bond motifs is 1. The maximum absolute atomic E-state index is 12.6. The number of amides is 1. The third-order valence-corrected chi connectivity index (χ3v) is 8.04. The number of benzene rings is 2. The Morgan fingerprint density at radius 3 is 2.43 bits per heavy atom. The van der Waals surface area contributed by atoms with E-state index >= 15 is 0 Å². The lowest BCUT2D eigenvalue weighted by Gasteiger charge is -2.33. The maximum atomic E-state index is 12.6. The molecule has 6 nitrogen and oxygen atoms in total. The van der Waals surface area contributed by atoms with E-state index in [1.807, 2.05) is 42.5 Å². The summed E-state index contributed by atoms with van der Waals surface area (Å²) in [5, 5.41) is 3.92. The van der Waals surface area contributed by atoms with Gasteiger partial charge in [-0.3, -0.25) is 4.79 Å². The number of sulfonamides is 1. The smallest absolute Gasteiger partial charge is 0.260 e. The van der Waals surface area contributed by atoms with Crippen molar-refractivity contribution in [3.8, 4) is 5.75 Å². The van der Waals surface area contributed by atoms with E-state index in [0.717, 1.165) is 10.8 Å². The number of carbonyl (C=O) groups excluding carboxylic acids is 1. The molecule has 1 aromatic heterocycles. The van der Waals surface area contributed by atoms with Crippen molar-refractivity contribution in [2.75, 3.05) is 32.8 Å². The van der Waals surface area contributed by atoms with Crippen LogP contribution in [0.3, 0.4) is 0 Å². The molecule has 0 saturated carbocycles. The zero-order chi connectivity index (χ0) is 19.6. The minimum absolute atomic E-state index is 0.0595. The molecule has 1 amide bonds. The van der Waals surface area contributed by atoms with Gasteiger partial charge in [-0.1, -0.05) is 36.4 Å². The first-order valence-electron chi connectivity index (χ1n) is 8.97. The lowest BCUT2D eigenvalue weighted by Crippen LogP contribution is -2.51. The molecule has 146 valence electrons. The van der Waals surface area contributed by atoms with Gasteiger partial charge in [0.1, 0.15) is 9.96 Å². The lowest BCUT2D eigenvalue weighted by atomic mass is 10.1. The van der Waals surface area contributed by atoms with E-state index in [-0.39, 0.29) is 12.5 Å². The van der Waals surface area contributed by atoms with Crippen LogP contribution in [0.15, 0.2) is 64.2 Å². The van der Waals surface area contributed by atoms with Crippen molar-refractivity contribution in [1.29, 1.82) is 0 Å². The van der Waals surface area contributed by atoms with Crippen LogP contribution in [0, 0.1) is 0 Å². The highest BCUT2D eigenvalue weighted by Gasteiger charge is 2.30. The van der Waals surface area contributed by atoms with Gasteiger partial charge in [0.05, 0.1) is 0 Å². The number of rotatable bonds is 5. The average Bonchev–Trinajstić information content (AvgIpc) is 3.28. The van der Waals surface area contributed by atoms with Crippen molar-refractivity contribution < 1.29 is 17.9 Å². The highest BCUT2D eigenvalue weighted by molar-refractivity contribution is 7.91. The Balaban J connectivity index is 1.32. The van der Waals surface area contributed by atoms with Crippen LogP contribution < -0.4 is 4.74 Å². The fourth-order valence-corrected chi connectivity index (χ4v) is 5.78. The summed E-state index contributed by atoms with van der Waals surface area (Å²) < 4.78 is 32.5. The van der Waals surface area contributed by atoms with E-state index in [0.29, 0.717) is 36.1 Å². The Kier molecular flexibility index (Phi) is 5.34. The molecule has 4 rings (SSSR count). The Labute approximate surface area is 168 Å². The van der Waals surface area contributed by atoms with Crippen molar-refractivity contribution in [3.63, 3.8) is 0 Å². The SMILES string of the molecule is O=C(COc1ccc2ccccc2c1)N1CCN(S(=O)(=O)c2cccs2)CC1. The quantitative estimate of drug-likeness (QED) is 0.642. The van der Waals surface area contributed by atoms with Gasteiger partial charge in [0.15, 0.2) is 6.61 Å². The first kappa shape index (κ1) is 18.9. The normalized spacial score (nSPS) is 15.6. The first-order valence-corrected chi connectivity index (χ1v) is 11.3. The van der Waals surface area contributed by atoms with Crippen molar-refractivity contribution in [2.45, 2.75) is 4.21 Å². The third-order valence-electron chi connectivity index (χ3n) is 4.76. The van der Waals surface area contributed by atoms with E-state index in [9.17, 15) is 13.2 Å². The number of hydrogen-bond donors (Lipinski definition) is 0.